The van der Waals surface area contributed by atoms with E-state index in [0.717, 1.165) is 19.3 Å². The van der Waals surface area contributed by atoms with Crippen molar-refractivity contribution in [2.24, 2.45) is 0 Å². The number of hydrogen-bond acceptors (Lipinski definition) is 4. The molecule has 1 rings (SSSR count). The molecule has 1 atom stereocenters. The molecule has 0 saturated heterocycles. The summed E-state index contributed by atoms with van der Waals surface area (Å²) in [7, 11) is 0. The second kappa shape index (κ2) is 6.47. The molecule has 0 saturated carbocycles. The maximum atomic E-state index is 11.4. The highest BCUT2D eigenvalue weighted by Crippen LogP contribution is 2.21. The molecule has 6 heteroatoms. The van der Waals surface area contributed by atoms with Crippen LogP contribution in [-0.4, -0.2) is 31.3 Å². The fourth-order valence-corrected chi connectivity index (χ4v) is 1.85. The van der Waals surface area contributed by atoms with E-state index in [-0.39, 0.29) is 0 Å². The number of carboxylic acid groups (broad SMARTS) is 1. The van der Waals surface area contributed by atoms with Crippen LogP contribution in [0.1, 0.15) is 58.7 Å². The molecule has 0 aliphatic carbocycles. The van der Waals surface area contributed by atoms with Crippen molar-refractivity contribution in [2.75, 3.05) is 0 Å². The van der Waals surface area contributed by atoms with Crippen LogP contribution in [0.25, 0.3) is 0 Å². The van der Waals surface area contributed by atoms with Gasteiger partial charge < -0.3 is 5.11 Å². The first kappa shape index (κ1) is 14.6. The lowest BCUT2D eigenvalue weighted by Crippen LogP contribution is -2.40. The summed E-state index contributed by atoms with van der Waals surface area (Å²) in [6.45, 7) is 5.64. The van der Waals surface area contributed by atoms with Crippen molar-refractivity contribution in [3.8, 4) is 0 Å². The Hall–Kier alpha value is -1.46. The minimum Gasteiger partial charge on any atom is -0.479 e. The molecule has 0 aromatic carbocycles. The molecule has 0 bridgehead atoms. The highest BCUT2D eigenvalue weighted by atomic mass is 16.4. The quantitative estimate of drug-likeness (QED) is 0.718. The van der Waals surface area contributed by atoms with E-state index in [1.165, 1.54) is 17.5 Å². The summed E-state index contributed by atoms with van der Waals surface area (Å²) in [4.78, 5) is 11.4. The Morgan fingerprint density at radius 2 is 2.06 bits per heavy atom. The van der Waals surface area contributed by atoms with Gasteiger partial charge in [0.05, 0.1) is 0 Å². The molecule has 0 radical (unpaired) electrons. The Kier molecular flexibility index (Phi) is 5.25. The van der Waals surface area contributed by atoms with Crippen LogP contribution in [0.3, 0.4) is 0 Å². The first-order valence-corrected chi connectivity index (χ1v) is 6.57. The molecule has 18 heavy (non-hydrogen) atoms. The number of unbranched alkanes of at least 4 members (excludes halogenated alkanes) is 3. The lowest BCUT2D eigenvalue weighted by atomic mass is 9.99. The minimum absolute atomic E-state index is 0.454. The van der Waals surface area contributed by atoms with Gasteiger partial charge in [0.25, 0.3) is 0 Å². The smallest absolute Gasteiger partial charge is 0.331 e. The summed E-state index contributed by atoms with van der Waals surface area (Å²) >= 11 is 0. The van der Waals surface area contributed by atoms with Crippen molar-refractivity contribution in [1.29, 1.82) is 0 Å². The SMILES string of the molecule is CCCCCCc1nnnn1C(C)(CC)C(=O)O. The molecule has 6 nitrogen and oxygen atoms in total. The standard InChI is InChI=1S/C12H22N4O2/c1-4-6-7-8-9-10-13-14-15-16(10)12(3,5-2)11(17)18/h4-9H2,1-3H3,(H,17,18). The third-order valence-corrected chi connectivity index (χ3v) is 3.40. The van der Waals surface area contributed by atoms with Gasteiger partial charge in [0.2, 0.25) is 0 Å². The molecule has 1 aromatic heterocycles. The van der Waals surface area contributed by atoms with Gasteiger partial charge in [-0.2, -0.15) is 0 Å². The predicted molar refractivity (Wildman–Crippen MR) is 67.2 cm³/mol. The van der Waals surface area contributed by atoms with Gasteiger partial charge in [-0.05, 0) is 30.2 Å². The molecule has 1 aromatic rings. The van der Waals surface area contributed by atoms with Gasteiger partial charge in [-0.3, -0.25) is 0 Å². The van der Waals surface area contributed by atoms with Gasteiger partial charge in [-0.15, -0.1) is 5.10 Å². The number of tetrazole rings is 1. The summed E-state index contributed by atoms with van der Waals surface area (Å²) in [5, 5.41) is 20.7. The Morgan fingerprint density at radius 1 is 1.33 bits per heavy atom. The van der Waals surface area contributed by atoms with Gasteiger partial charge in [0.15, 0.2) is 11.4 Å². The maximum Gasteiger partial charge on any atom is 0.331 e. The number of rotatable bonds is 8. The monoisotopic (exact) mass is 254 g/mol. The lowest BCUT2D eigenvalue weighted by Gasteiger charge is -2.23. The molecule has 0 amide bonds. The van der Waals surface area contributed by atoms with Crippen molar-refractivity contribution in [3.05, 3.63) is 5.82 Å². The van der Waals surface area contributed by atoms with Crippen molar-refractivity contribution in [2.45, 2.75) is 64.8 Å². The van der Waals surface area contributed by atoms with Gasteiger partial charge in [-0.1, -0.05) is 33.1 Å². The van der Waals surface area contributed by atoms with Crippen molar-refractivity contribution < 1.29 is 9.90 Å². The number of aryl methyl sites for hydroxylation is 1. The van der Waals surface area contributed by atoms with Gasteiger partial charge >= 0.3 is 5.97 Å². The Balaban J connectivity index is 2.78. The minimum atomic E-state index is -1.05. The molecule has 1 heterocycles. The van der Waals surface area contributed by atoms with Gasteiger partial charge in [-0.25, -0.2) is 9.48 Å². The van der Waals surface area contributed by atoms with Crippen LogP contribution in [0, 0.1) is 0 Å². The second-order valence-corrected chi connectivity index (χ2v) is 4.75. The number of carbonyl (C=O) groups is 1. The Morgan fingerprint density at radius 3 is 2.61 bits per heavy atom. The van der Waals surface area contributed by atoms with Crippen LogP contribution < -0.4 is 0 Å². The summed E-state index contributed by atoms with van der Waals surface area (Å²) in [5.74, 6) is -0.232. The van der Waals surface area contributed by atoms with E-state index in [9.17, 15) is 9.90 Å². The maximum absolute atomic E-state index is 11.4. The van der Waals surface area contributed by atoms with Crippen LogP contribution in [0.2, 0.25) is 0 Å². The van der Waals surface area contributed by atoms with E-state index in [0.29, 0.717) is 12.2 Å². The molecule has 0 aliphatic rings. The van der Waals surface area contributed by atoms with Gasteiger partial charge in [0.1, 0.15) is 0 Å². The number of carboxylic acids is 1. The van der Waals surface area contributed by atoms with Crippen LogP contribution in [0.5, 0.6) is 0 Å². The average molecular weight is 254 g/mol. The fraction of sp³-hybridized carbons (Fsp3) is 0.833. The zero-order valence-electron chi connectivity index (χ0n) is 11.4. The third kappa shape index (κ3) is 3.05. The van der Waals surface area contributed by atoms with E-state index in [2.05, 4.69) is 22.4 Å². The Bertz CT molecular complexity index is 391. The van der Waals surface area contributed by atoms with E-state index < -0.39 is 11.5 Å². The largest absolute Gasteiger partial charge is 0.479 e. The molecular formula is C12H22N4O2. The zero-order chi connectivity index (χ0) is 13.6. The molecular weight excluding hydrogens is 232 g/mol. The topological polar surface area (TPSA) is 80.9 Å². The highest BCUT2D eigenvalue weighted by molar-refractivity contribution is 5.76. The molecule has 102 valence electrons. The number of nitrogens with zero attached hydrogens (tertiary/aromatic N) is 4. The fourth-order valence-electron chi connectivity index (χ4n) is 1.85. The number of aliphatic carboxylic acids is 1. The second-order valence-electron chi connectivity index (χ2n) is 4.75. The van der Waals surface area contributed by atoms with Crippen molar-refractivity contribution in [3.63, 3.8) is 0 Å². The first-order valence-electron chi connectivity index (χ1n) is 6.57. The molecule has 0 aliphatic heterocycles. The van der Waals surface area contributed by atoms with Crippen LogP contribution >= 0.6 is 0 Å². The van der Waals surface area contributed by atoms with Crippen molar-refractivity contribution >= 4 is 5.97 Å². The average Bonchev–Trinajstić information content (AvgIpc) is 2.82. The summed E-state index contributed by atoms with van der Waals surface area (Å²) in [6, 6.07) is 0. The zero-order valence-corrected chi connectivity index (χ0v) is 11.4. The molecule has 0 spiro atoms. The number of hydrogen-bond donors (Lipinski definition) is 1. The predicted octanol–water partition coefficient (Wildman–Crippen LogP) is 2.01. The van der Waals surface area contributed by atoms with E-state index in [1.807, 2.05) is 6.92 Å². The van der Waals surface area contributed by atoms with E-state index in [1.54, 1.807) is 6.92 Å². The third-order valence-electron chi connectivity index (χ3n) is 3.40. The lowest BCUT2D eigenvalue weighted by molar-refractivity contribution is -0.147. The normalized spacial score (nSPS) is 14.4. The van der Waals surface area contributed by atoms with Crippen LogP contribution in [-0.2, 0) is 16.8 Å². The first-order chi connectivity index (χ1) is 8.56. The summed E-state index contributed by atoms with van der Waals surface area (Å²) in [6.07, 6.45) is 5.66. The van der Waals surface area contributed by atoms with Crippen molar-refractivity contribution in [1.82, 2.24) is 20.2 Å². The molecule has 0 fully saturated rings. The number of aromatic nitrogens is 4. The van der Waals surface area contributed by atoms with E-state index in [4.69, 9.17) is 0 Å². The van der Waals surface area contributed by atoms with Crippen LogP contribution in [0.4, 0.5) is 0 Å². The Labute approximate surface area is 107 Å². The molecule has 1 unspecified atom stereocenters. The summed E-state index contributed by atoms with van der Waals surface area (Å²) in [5.41, 5.74) is -1.05. The molecule has 1 N–H and O–H groups in total. The van der Waals surface area contributed by atoms with Crippen LogP contribution in [0.15, 0.2) is 0 Å². The summed E-state index contributed by atoms with van der Waals surface area (Å²) < 4.78 is 1.46. The van der Waals surface area contributed by atoms with Gasteiger partial charge in [0, 0.05) is 6.42 Å². The van der Waals surface area contributed by atoms with E-state index >= 15 is 0 Å². The highest BCUT2D eigenvalue weighted by Gasteiger charge is 2.36.